The molecule has 1 aliphatic heterocycles. The minimum atomic E-state index is -0.781. The monoisotopic (exact) mass is 161 g/mol. The minimum Gasteiger partial charge on any atom is -0.389 e. The van der Waals surface area contributed by atoms with E-state index in [1.165, 1.54) is 0 Å². The Morgan fingerprint density at radius 3 is 2.45 bits per heavy atom. The lowest BCUT2D eigenvalue weighted by molar-refractivity contribution is -0.0510. The first kappa shape index (κ1) is 8.89. The molecule has 0 saturated carbocycles. The van der Waals surface area contributed by atoms with Crippen LogP contribution in [0.1, 0.15) is 6.92 Å². The van der Waals surface area contributed by atoms with Gasteiger partial charge >= 0.3 is 0 Å². The summed E-state index contributed by atoms with van der Waals surface area (Å²) in [6, 6.07) is -0.408. The van der Waals surface area contributed by atoms with Gasteiger partial charge in [-0.1, -0.05) is 0 Å². The van der Waals surface area contributed by atoms with Gasteiger partial charge in [-0.3, -0.25) is 10.9 Å². The normalized spacial score (nSPS) is 45.8. The van der Waals surface area contributed by atoms with Gasteiger partial charge in [0, 0.05) is 12.6 Å². The molecular weight excluding hydrogens is 146 g/mol. The molecule has 1 rings (SSSR count). The summed E-state index contributed by atoms with van der Waals surface area (Å²) in [6.07, 6.45) is -1.53. The Labute approximate surface area is 65.6 Å². The van der Waals surface area contributed by atoms with E-state index < -0.39 is 12.2 Å². The van der Waals surface area contributed by atoms with Gasteiger partial charge in [-0.05, 0) is 6.92 Å². The van der Waals surface area contributed by atoms with Gasteiger partial charge in [0.05, 0.1) is 18.2 Å². The summed E-state index contributed by atoms with van der Waals surface area (Å²) in [5.74, 6) is 0. The molecule has 6 N–H and O–H groups in total. The highest BCUT2D eigenvalue weighted by Crippen LogP contribution is 2.07. The zero-order chi connectivity index (χ0) is 8.43. The smallest absolute Gasteiger partial charge is 0.0993 e. The van der Waals surface area contributed by atoms with Crippen LogP contribution in [0.5, 0.6) is 0 Å². The van der Waals surface area contributed by atoms with Crippen molar-refractivity contribution < 1.29 is 10.2 Å². The van der Waals surface area contributed by atoms with Crippen molar-refractivity contribution in [3.63, 3.8) is 0 Å². The van der Waals surface area contributed by atoms with Gasteiger partial charge in [0.2, 0.25) is 0 Å². The molecule has 1 fully saturated rings. The maximum atomic E-state index is 9.38. The second-order valence-electron chi connectivity index (χ2n) is 2.90. The molecule has 0 radical (unpaired) electrons. The summed E-state index contributed by atoms with van der Waals surface area (Å²) in [7, 11) is 0. The van der Waals surface area contributed by atoms with Crippen LogP contribution in [0.4, 0.5) is 0 Å². The molecule has 1 saturated heterocycles. The first-order valence-electron chi connectivity index (χ1n) is 3.74. The maximum Gasteiger partial charge on any atom is 0.0993 e. The Morgan fingerprint density at radius 2 is 1.91 bits per heavy atom. The standard InChI is InChI=1S/C6H15N3O2/c1-3-5(10)6(11)4(2-7)9-8-3/h3-6,8-11H,2,7H2,1H3/t3-,4-,5+,6-/m0/s1. The molecule has 0 aromatic rings. The van der Waals surface area contributed by atoms with Crippen molar-refractivity contribution in [3.05, 3.63) is 0 Å². The van der Waals surface area contributed by atoms with Crippen LogP contribution in [0, 0.1) is 0 Å². The summed E-state index contributed by atoms with van der Waals surface area (Å²) in [6.45, 7) is 2.09. The molecular formula is C6H15N3O2. The van der Waals surface area contributed by atoms with E-state index in [0.717, 1.165) is 0 Å². The van der Waals surface area contributed by atoms with Crippen LogP contribution in [0.3, 0.4) is 0 Å². The molecule has 5 nitrogen and oxygen atoms in total. The number of rotatable bonds is 1. The number of hydrogen-bond acceptors (Lipinski definition) is 5. The van der Waals surface area contributed by atoms with Crippen LogP contribution in [-0.4, -0.2) is 41.0 Å². The van der Waals surface area contributed by atoms with Crippen LogP contribution >= 0.6 is 0 Å². The van der Waals surface area contributed by atoms with Crippen molar-refractivity contribution >= 4 is 0 Å². The Balaban J connectivity index is 2.52. The number of nitrogens with one attached hydrogen (secondary N) is 2. The topological polar surface area (TPSA) is 90.5 Å². The summed E-state index contributed by atoms with van der Waals surface area (Å²) in [5.41, 5.74) is 11.0. The van der Waals surface area contributed by atoms with E-state index in [1.54, 1.807) is 6.92 Å². The predicted molar refractivity (Wildman–Crippen MR) is 40.6 cm³/mol. The number of aliphatic hydroxyl groups is 2. The molecule has 1 heterocycles. The minimum absolute atomic E-state index is 0.146. The van der Waals surface area contributed by atoms with E-state index in [-0.39, 0.29) is 12.1 Å². The van der Waals surface area contributed by atoms with Crippen molar-refractivity contribution in [2.24, 2.45) is 5.73 Å². The van der Waals surface area contributed by atoms with Gasteiger partial charge < -0.3 is 15.9 Å². The summed E-state index contributed by atoms with van der Waals surface area (Å²) >= 11 is 0. The van der Waals surface area contributed by atoms with E-state index >= 15 is 0 Å². The zero-order valence-corrected chi connectivity index (χ0v) is 6.49. The van der Waals surface area contributed by atoms with Crippen molar-refractivity contribution in [3.8, 4) is 0 Å². The Kier molecular flexibility index (Phi) is 2.80. The third-order valence-electron chi connectivity index (χ3n) is 2.02. The van der Waals surface area contributed by atoms with Gasteiger partial charge in [-0.25, -0.2) is 0 Å². The highest BCUT2D eigenvalue weighted by molar-refractivity contribution is 4.90. The molecule has 0 amide bonds. The first-order valence-corrected chi connectivity index (χ1v) is 3.74. The molecule has 0 spiro atoms. The average molecular weight is 161 g/mol. The zero-order valence-electron chi connectivity index (χ0n) is 6.49. The quantitative estimate of drug-likeness (QED) is 0.294. The van der Waals surface area contributed by atoms with E-state index in [0.29, 0.717) is 6.54 Å². The Hall–Kier alpha value is -0.200. The van der Waals surface area contributed by atoms with Crippen LogP contribution in [0.25, 0.3) is 0 Å². The SMILES string of the molecule is C[C@@H]1NN[C@@H](CN)[C@H](O)[C@@H]1O. The lowest BCUT2D eigenvalue weighted by Gasteiger charge is -2.37. The molecule has 66 valence electrons. The molecule has 11 heavy (non-hydrogen) atoms. The third-order valence-corrected chi connectivity index (χ3v) is 2.02. The fraction of sp³-hybridized carbons (Fsp3) is 1.00. The van der Waals surface area contributed by atoms with E-state index in [9.17, 15) is 10.2 Å². The predicted octanol–water partition coefficient (Wildman–Crippen LogP) is -2.47. The second kappa shape index (κ2) is 3.46. The molecule has 1 aliphatic rings. The maximum absolute atomic E-state index is 9.38. The summed E-state index contributed by atoms with van der Waals surface area (Å²) in [4.78, 5) is 0. The fourth-order valence-corrected chi connectivity index (χ4v) is 1.14. The van der Waals surface area contributed by atoms with E-state index in [4.69, 9.17) is 5.73 Å². The highest BCUT2D eigenvalue weighted by atomic mass is 16.3. The molecule has 0 unspecified atom stereocenters. The molecule has 0 aromatic heterocycles. The first-order chi connectivity index (χ1) is 5.16. The van der Waals surface area contributed by atoms with Crippen molar-refractivity contribution in [2.75, 3.05) is 6.54 Å². The number of hydrogen-bond donors (Lipinski definition) is 5. The van der Waals surface area contributed by atoms with Gasteiger partial charge in [0.25, 0.3) is 0 Å². The van der Waals surface area contributed by atoms with Crippen LogP contribution in [0.15, 0.2) is 0 Å². The lowest BCUT2D eigenvalue weighted by atomic mass is 9.99. The van der Waals surface area contributed by atoms with Crippen LogP contribution in [-0.2, 0) is 0 Å². The van der Waals surface area contributed by atoms with Gasteiger partial charge in [-0.15, -0.1) is 0 Å². The fourth-order valence-electron chi connectivity index (χ4n) is 1.14. The Bertz CT molecular complexity index is 131. The van der Waals surface area contributed by atoms with Gasteiger partial charge in [-0.2, -0.15) is 0 Å². The molecule has 4 atom stereocenters. The molecule has 0 aliphatic carbocycles. The second-order valence-corrected chi connectivity index (χ2v) is 2.90. The molecule has 5 heteroatoms. The number of nitrogens with two attached hydrogens (primary N) is 1. The van der Waals surface area contributed by atoms with Gasteiger partial charge in [0.1, 0.15) is 0 Å². The number of aliphatic hydroxyl groups excluding tert-OH is 2. The van der Waals surface area contributed by atoms with Crippen molar-refractivity contribution in [1.82, 2.24) is 10.9 Å². The summed E-state index contributed by atoms with van der Waals surface area (Å²) < 4.78 is 0. The molecule has 0 aromatic carbocycles. The molecule has 0 bridgehead atoms. The lowest BCUT2D eigenvalue weighted by Crippen LogP contribution is -2.66. The summed E-state index contributed by atoms with van der Waals surface area (Å²) in [5, 5.41) is 18.7. The van der Waals surface area contributed by atoms with E-state index in [2.05, 4.69) is 10.9 Å². The van der Waals surface area contributed by atoms with Crippen LogP contribution < -0.4 is 16.6 Å². The number of hydrazine groups is 1. The average Bonchev–Trinajstić information content (AvgIpc) is 2.01. The van der Waals surface area contributed by atoms with Crippen LogP contribution in [0.2, 0.25) is 0 Å². The van der Waals surface area contributed by atoms with Crippen molar-refractivity contribution in [1.29, 1.82) is 0 Å². The van der Waals surface area contributed by atoms with Crippen molar-refractivity contribution in [2.45, 2.75) is 31.2 Å². The highest BCUT2D eigenvalue weighted by Gasteiger charge is 2.33. The van der Waals surface area contributed by atoms with Gasteiger partial charge in [0.15, 0.2) is 0 Å². The Morgan fingerprint density at radius 1 is 1.27 bits per heavy atom. The largest absolute Gasteiger partial charge is 0.389 e. The third kappa shape index (κ3) is 1.69. The van der Waals surface area contributed by atoms with E-state index in [1.807, 2.05) is 0 Å².